The number of carbonyl (C=O) groups excluding carboxylic acids is 1. The van der Waals surface area contributed by atoms with E-state index in [4.69, 9.17) is 28.4 Å². The minimum Gasteiger partial charge on any atom is -0.459 e. The highest BCUT2D eigenvalue weighted by Crippen LogP contribution is 2.45. The highest BCUT2D eigenvalue weighted by Gasteiger charge is 2.58. The van der Waals surface area contributed by atoms with Crippen LogP contribution in [0.3, 0.4) is 0 Å². The number of aliphatic hydroxyl groups excluding tert-OH is 2. The number of likely N-dealkylation sites (N-methyl/N-ethyl adjacent to an activating group) is 1. The first-order chi connectivity index (χ1) is 31.0. The van der Waals surface area contributed by atoms with Gasteiger partial charge in [-0.3, -0.25) is 4.79 Å². The Morgan fingerprint density at radius 1 is 0.940 bits per heavy atom. The van der Waals surface area contributed by atoms with Crippen LogP contribution in [-0.2, 0) is 45.9 Å². The number of cyclic esters (lactones) is 1. The maximum Gasteiger partial charge on any atom is 0.416 e. The zero-order chi connectivity index (χ0) is 50.6. The van der Waals surface area contributed by atoms with E-state index in [0.717, 1.165) is 25.1 Å². The lowest BCUT2D eigenvalue weighted by Crippen LogP contribution is -2.70. The Hall–Kier alpha value is -2.00. The molecule has 3 saturated heterocycles. The molecule has 3 aliphatic rings. The molecule has 17 atom stereocenters. The summed E-state index contributed by atoms with van der Waals surface area (Å²) in [7, 11) is 5.30. The first-order valence-corrected chi connectivity index (χ1v) is 24.4. The second kappa shape index (κ2) is 23.0. The van der Waals surface area contributed by atoms with Crippen LogP contribution < -0.4 is 5.32 Å². The van der Waals surface area contributed by atoms with Crippen LogP contribution in [0.15, 0.2) is 24.3 Å². The monoisotopic (exact) mass is 962 g/mol. The van der Waals surface area contributed by atoms with Gasteiger partial charge >= 0.3 is 12.1 Å². The van der Waals surface area contributed by atoms with Gasteiger partial charge in [0.1, 0.15) is 29.0 Å². The highest BCUT2D eigenvalue weighted by molar-refractivity contribution is 5.73. The van der Waals surface area contributed by atoms with Crippen molar-refractivity contribution in [1.82, 2.24) is 15.1 Å². The molecule has 4 rings (SSSR count). The number of methoxy groups -OCH3 is 1. The molecule has 3 aliphatic heterocycles. The number of nitrogens with one attached hydrogen (secondary N) is 1. The molecule has 1 aromatic rings. The lowest BCUT2D eigenvalue weighted by molar-refractivity contribution is -0.334. The van der Waals surface area contributed by atoms with Gasteiger partial charge in [-0.05, 0) is 117 Å². The van der Waals surface area contributed by atoms with Gasteiger partial charge < -0.3 is 64.0 Å². The largest absolute Gasteiger partial charge is 0.459 e. The molecule has 67 heavy (non-hydrogen) atoms. The first kappa shape index (κ1) is 57.6. The van der Waals surface area contributed by atoms with E-state index in [-0.39, 0.29) is 44.1 Å². The average Bonchev–Trinajstić information content (AvgIpc) is 3.24. The Kier molecular flexibility index (Phi) is 19.8. The minimum absolute atomic E-state index is 0.00191. The molecule has 3 fully saturated rings. The molecular weight excluding hydrogens is 876 g/mol. The highest BCUT2D eigenvalue weighted by atomic mass is 19.4. The average molecular weight is 962 g/mol. The van der Waals surface area contributed by atoms with Crippen molar-refractivity contribution >= 4 is 5.97 Å². The van der Waals surface area contributed by atoms with Crippen LogP contribution in [0.4, 0.5) is 13.2 Å². The summed E-state index contributed by atoms with van der Waals surface area (Å²) in [6.07, 6.45) is -10.5. The number of hydrogen-bond donors (Lipinski definition) is 5. The quantitative estimate of drug-likeness (QED) is 0.143. The van der Waals surface area contributed by atoms with Gasteiger partial charge in [-0.1, -0.05) is 53.7 Å². The number of carbonyl (C=O) groups is 1. The molecule has 0 amide bonds. The van der Waals surface area contributed by atoms with E-state index in [1.54, 1.807) is 27.7 Å². The van der Waals surface area contributed by atoms with Crippen molar-refractivity contribution < 1.29 is 66.8 Å². The Balaban J connectivity index is 1.78. The molecule has 17 heteroatoms. The van der Waals surface area contributed by atoms with Gasteiger partial charge in [0.25, 0.3) is 0 Å². The lowest BCUT2D eigenvalue weighted by Gasteiger charge is -2.54. The SMILES string of the molecule is CCCN1C[C@H](C)[C@@H](O)[C@](C)(O)[C@@H](CC)OC(=O)[C@H](C)[C@H](O[C@@H]2C[C@](C)(OC)[C@@](O)(CNCc3ccc(C(F)(F)F)cc3)[C@H](C)O2)[C@H](C)[C@@H](O[C@@H]2O[C@H](C)C[C@H](N(C)C)[C@H]2O)C(C)(C)C[C@H]1C. The van der Waals surface area contributed by atoms with Gasteiger partial charge in [0, 0.05) is 51.2 Å². The van der Waals surface area contributed by atoms with Gasteiger partial charge in [0.15, 0.2) is 12.6 Å². The van der Waals surface area contributed by atoms with Gasteiger partial charge in [-0.15, -0.1) is 0 Å². The van der Waals surface area contributed by atoms with Crippen LogP contribution in [0, 0.1) is 23.2 Å². The van der Waals surface area contributed by atoms with E-state index >= 15 is 0 Å². The predicted molar refractivity (Wildman–Crippen MR) is 249 cm³/mol. The van der Waals surface area contributed by atoms with Crippen LogP contribution in [-0.4, -0.2) is 161 Å². The number of nitrogens with zero attached hydrogens (tertiary/aromatic N) is 2. The maximum atomic E-state index is 14.6. The lowest BCUT2D eigenvalue weighted by atomic mass is 9.72. The number of rotatable bonds is 13. The van der Waals surface area contributed by atoms with Gasteiger partial charge in [0.05, 0.1) is 42.0 Å². The zero-order valence-corrected chi connectivity index (χ0v) is 42.9. The fourth-order valence-electron chi connectivity index (χ4n) is 11.1. The number of hydrogen-bond acceptors (Lipinski definition) is 14. The van der Waals surface area contributed by atoms with Crippen LogP contribution >= 0.6 is 0 Å². The van der Waals surface area contributed by atoms with E-state index in [9.17, 15) is 38.4 Å². The third-order valence-corrected chi connectivity index (χ3v) is 15.3. The summed E-state index contributed by atoms with van der Waals surface area (Å²) in [6, 6.07) is 4.50. The summed E-state index contributed by atoms with van der Waals surface area (Å²) in [4.78, 5) is 18.9. The van der Waals surface area contributed by atoms with E-state index in [1.807, 2.05) is 39.8 Å². The molecule has 0 radical (unpaired) electrons. The topological polar surface area (TPSA) is 172 Å². The third-order valence-electron chi connectivity index (χ3n) is 15.3. The molecule has 14 nitrogen and oxygen atoms in total. The van der Waals surface area contributed by atoms with Gasteiger partial charge in [-0.2, -0.15) is 13.2 Å². The minimum atomic E-state index is -4.46. The Labute approximate surface area is 398 Å². The molecular formula is C50H86F3N3O11. The molecule has 1 aromatic carbocycles. The molecule has 0 aliphatic carbocycles. The molecule has 0 aromatic heterocycles. The van der Waals surface area contributed by atoms with Crippen molar-refractivity contribution in [1.29, 1.82) is 0 Å². The van der Waals surface area contributed by atoms with Gasteiger partial charge in [0.2, 0.25) is 0 Å². The molecule has 0 saturated carbocycles. The van der Waals surface area contributed by atoms with Crippen molar-refractivity contribution in [3.63, 3.8) is 0 Å². The summed E-state index contributed by atoms with van der Waals surface area (Å²) in [6.45, 7) is 24.0. The number of benzene rings is 1. The van der Waals surface area contributed by atoms with Crippen molar-refractivity contribution in [2.24, 2.45) is 23.2 Å². The van der Waals surface area contributed by atoms with Crippen molar-refractivity contribution in [3.8, 4) is 0 Å². The summed E-state index contributed by atoms with van der Waals surface area (Å²) in [5, 5.41) is 51.2. The predicted octanol–water partition coefficient (Wildman–Crippen LogP) is 6.13. The molecule has 388 valence electrons. The second-order valence-corrected chi connectivity index (χ2v) is 21.5. The van der Waals surface area contributed by atoms with Crippen molar-refractivity contribution in [2.75, 3.05) is 40.8 Å². The van der Waals surface area contributed by atoms with Crippen molar-refractivity contribution in [2.45, 2.75) is 212 Å². The normalized spacial score (nSPS) is 41.1. The van der Waals surface area contributed by atoms with Crippen LogP contribution in [0.25, 0.3) is 0 Å². The molecule has 0 bridgehead atoms. The molecule has 5 N–H and O–H groups in total. The summed E-state index contributed by atoms with van der Waals surface area (Å²) in [5.74, 6) is -2.71. The summed E-state index contributed by atoms with van der Waals surface area (Å²) in [5.41, 5.74) is -5.62. The van der Waals surface area contributed by atoms with E-state index in [1.165, 1.54) is 26.2 Å². The number of alkyl halides is 3. The fraction of sp³-hybridized carbons (Fsp3) is 0.860. The van der Waals surface area contributed by atoms with E-state index in [0.29, 0.717) is 24.9 Å². The Bertz CT molecular complexity index is 1710. The number of ether oxygens (including phenoxy) is 6. The smallest absolute Gasteiger partial charge is 0.416 e. The van der Waals surface area contributed by atoms with E-state index in [2.05, 4.69) is 37.9 Å². The second-order valence-electron chi connectivity index (χ2n) is 21.5. The number of halogens is 3. The van der Waals surface area contributed by atoms with Gasteiger partial charge in [-0.25, -0.2) is 0 Å². The third kappa shape index (κ3) is 13.3. The molecule has 0 unspecified atom stereocenters. The zero-order valence-electron chi connectivity index (χ0n) is 42.9. The van der Waals surface area contributed by atoms with E-state index < -0.39 is 107 Å². The first-order valence-electron chi connectivity index (χ1n) is 24.4. The molecule has 0 spiro atoms. The number of aliphatic hydroxyl groups is 4. The summed E-state index contributed by atoms with van der Waals surface area (Å²) < 4.78 is 78.9. The fourth-order valence-corrected chi connectivity index (χ4v) is 11.1. The number of esters is 1. The maximum absolute atomic E-state index is 14.6. The standard InChI is InChI=1S/C50H86F3N3O11/c1-16-22-56-27-29(3)42(58)48(12,60)38(17-2)65-44(59)33(7)41(32(6)43(46(9,10)24-30(56)4)67-45-40(57)37(55(13)14)23-31(5)63-45)66-39-25-47(11,62-15)49(61,34(8)64-39)28-54-26-35-18-20-36(21-19-35)50(51,52)53/h18-21,29-34,37-43,45,54,57-58,60-61H,16-17,22-28H2,1-15H3/t29-,30+,31+,32-,33+,34-,37-,38+,39+,40+,41+,42+,43+,45-,47-,48+,49+/m0/s1. The molecule has 3 heterocycles. The van der Waals surface area contributed by atoms with Crippen LogP contribution in [0.5, 0.6) is 0 Å². The Morgan fingerprint density at radius 2 is 1.57 bits per heavy atom. The van der Waals surface area contributed by atoms with Crippen LogP contribution in [0.2, 0.25) is 0 Å². The van der Waals surface area contributed by atoms with Crippen molar-refractivity contribution in [3.05, 3.63) is 35.4 Å². The summed E-state index contributed by atoms with van der Waals surface area (Å²) >= 11 is 0. The van der Waals surface area contributed by atoms with Crippen LogP contribution in [0.1, 0.15) is 126 Å². The Morgan fingerprint density at radius 3 is 2.12 bits per heavy atom.